The molecule has 0 spiro atoms. The molecule has 1 heteroatoms. The molecule has 1 nitrogen and oxygen atoms in total. The van der Waals surface area contributed by atoms with Crippen molar-refractivity contribution in [3.63, 3.8) is 0 Å². The second-order valence-electron chi connectivity index (χ2n) is 7.82. The average molecular weight is 374 g/mol. The largest absolute Gasteiger partial charge is 0.289 e. The van der Waals surface area contributed by atoms with Gasteiger partial charge < -0.3 is 0 Å². The van der Waals surface area contributed by atoms with E-state index in [1.165, 1.54) is 16.7 Å². The lowest BCUT2D eigenvalue weighted by Crippen LogP contribution is -2.14. The standard InChI is InChI=1S/C28H22O/c1-17-18(2)25(20-10-6-4-7-11-20)27(21-12-8-5-9-13-21)26(19(17)3)28(29)24-16-22-14-15-23(22)24/h4-16H,1-3H3. The van der Waals surface area contributed by atoms with Crippen molar-refractivity contribution >= 4 is 5.78 Å². The Morgan fingerprint density at radius 3 is 1.66 bits per heavy atom. The molecule has 0 bridgehead atoms. The Bertz CT molecular complexity index is 1270. The van der Waals surface area contributed by atoms with E-state index in [0.717, 1.165) is 44.5 Å². The third kappa shape index (κ3) is 2.58. The molecule has 0 saturated heterocycles. The first-order chi connectivity index (χ1) is 14.1. The van der Waals surface area contributed by atoms with Crippen molar-refractivity contribution in [3.8, 4) is 33.4 Å². The molecule has 0 amide bonds. The summed E-state index contributed by atoms with van der Waals surface area (Å²) < 4.78 is 0. The van der Waals surface area contributed by atoms with Gasteiger partial charge in [0.25, 0.3) is 0 Å². The molecule has 140 valence electrons. The highest BCUT2D eigenvalue weighted by Crippen LogP contribution is 2.44. The van der Waals surface area contributed by atoms with Gasteiger partial charge in [-0.1, -0.05) is 72.8 Å². The zero-order valence-electron chi connectivity index (χ0n) is 16.9. The molecule has 0 radical (unpaired) electrons. The molecule has 0 aromatic heterocycles. The minimum Gasteiger partial charge on any atom is -0.289 e. The highest BCUT2D eigenvalue weighted by Gasteiger charge is 2.29. The lowest BCUT2D eigenvalue weighted by atomic mass is 9.76. The van der Waals surface area contributed by atoms with Crippen molar-refractivity contribution in [2.24, 2.45) is 0 Å². The van der Waals surface area contributed by atoms with Gasteiger partial charge in [0.1, 0.15) is 0 Å². The topological polar surface area (TPSA) is 17.1 Å². The summed E-state index contributed by atoms with van der Waals surface area (Å²) in [5, 5.41) is 0. The van der Waals surface area contributed by atoms with Crippen LogP contribution in [0.5, 0.6) is 0 Å². The fourth-order valence-electron chi connectivity index (χ4n) is 4.41. The Hall–Kier alpha value is -3.45. The van der Waals surface area contributed by atoms with Crippen molar-refractivity contribution in [1.82, 2.24) is 0 Å². The minimum atomic E-state index is 0.129. The van der Waals surface area contributed by atoms with Gasteiger partial charge in [0.2, 0.25) is 0 Å². The predicted octanol–water partition coefficient (Wildman–Crippen LogP) is 7.16. The number of rotatable bonds is 4. The maximum atomic E-state index is 13.7. The summed E-state index contributed by atoms with van der Waals surface area (Å²) in [7, 11) is 0. The van der Waals surface area contributed by atoms with Crippen molar-refractivity contribution in [3.05, 3.63) is 107 Å². The Morgan fingerprint density at radius 1 is 0.586 bits per heavy atom. The van der Waals surface area contributed by atoms with Crippen LogP contribution in [0.25, 0.3) is 33.4 Å². The molecule has 0 heterocycles. The van der Waals surface area contributed by atoms with E-state index in [1.807, 2.05) is 36.4 Å². The number of carbonyl (C=O) groups is 1. The van der Waals surface area contributed by atoms with E-state index < -0.39 is 0 Å². The van der Waals surface area contributed by atoms with E-state index in [4.69, 9.17) is 0 Å². The fraction of sp³-hybridized carbons (Fsp3) is 0.107. The summed E-state index contributed by atoms with van der Waals surface area (Å²) in [6.07, 6.45) is 0. The number of benzene rings is 4. The Labute approximate surface area is 171 Å². The van der Waals surface area contributed by atoms with Gasteiger partial charge in [-0.05, 0) is 71.3 Å². The maximum absolute atomic E-state index is 13.7. The molecule has 0 aliphatic heterocycles. The van der Waals surface area contributed by atoms with E-state index in [-0.39, 0.29) is 5.78 Å². The molecule has 0 atom stereocenters. The molecule has 2 aliphatic carbocycles. The lowest BCUT2D eigenvalue weighted by molar-refractivity contribution is 0.103. The van der Waals surface area contributed by atoms with E-state index in [0.29, 0.717) is 0 Å². The Kier molecular flexibility index (Phi) is 3.99. The van der Waals surface area contributed by atoms with Gasteiger partial charge in [-0.2, -0.15) is 0 Å². The number of hydrogen-bond donors (Lipinski definition) is 0. The maximum Gasteiger partial charge on any atom is 0.194 e. The minimum absolute atomic E-state index is 0.129. The van der Waals surface area contributed by atoms with Gasteiger partial charge in [-0.3, -0.25) is 4.79 Å². The van der Waals surface area contributed by atoms with Crippen LogP contribution in [0.3, 0.4) is 0 Å². The van der Waals surface area contributed by atoms with Crippen LogP contribution < -0.4 is 0 Å². The van der Waals surface area contributed by atoms with Gasteiger partial charge in [-0.25, -0.2) is 0 Å². The summed E-state index contributed by atoms with van der Waals surface area (Å²) in [6.45, 7) is 6.39. The van der Waals surface area contributed by atoms with Crippen LogP contribution in [-0.4, -0.2) is 5.78 Å². The number of hydrogen-bond acceptors (Lipinski definition) is 1. The fourth-order valence-corrected chi connectivity index (χ4v) is 4.41. The van der Waals surface area contributed by atoms with E-state index in [2.05, 4.69) is 63.2 Å². The van der Waals surface area contributed by atoms with Crippen molar-refractivity contribution in [2.75, 3.05) is 0 Å². The molecule has 3 aromatic rings. The average Bonchev–Trinajstić information content (AvgIpc) is 2.74. The molecule has 29 heavy (non-hydrogen) atoms. The van der Waals surface area contributed by atoms with Crippen molar-refractivity contribution in [2.45, 2.75) is 20.8 Å². The molecule has 5 rings (SSSR count). The quantitative estimate of drug-likeness (QED) is 0.305. The summed E-state index contributed by atoms with van der Waals surface area (Å²) >= 11 is 0. The van der Waals surface area contributed by atoms with Crippen LogP contribution in [0.1, 0.15) is 32.6 Å². The SMILES string of the molecule is Cc1c(C)c(C(=O)c2cc3ccc2-3)c(-c2ccccc2)c(-c2ccccc2)c1C. The summed E-state index contributed by atoms with van der Waals surface area (Å²) in [4.78, 5) is 13.7. The molecule has 0 N–H and O–H groups in total. The first-order valence-corrected chi connectivity index (χ1v) is 10.0. The highest BCUT2D eigenvalue weighted by atomic mass is 16.1. The van der Waals surface area contributed by atoms with Gasteiger partial charge in [-0.15, -0.1) is 0 Å². The van der Waals surface area contributed by atoms with Gasteiger partial charge in [0, 0.05) is 16.7 Å². The second kappa shape index (κ2) is 6.56. The number of ketones is 1. The molecule has 3 aromatic carbocycles. The lowest BCUT2D eigenvalue weighted by Gasteiger charge is -2.26. The van der Waals surface area contributed by atoms with Crippen LogP contribution >= 0.6 is 0 Å². The van der Waals surface area contributed by atoms with Gasteiger partial charge in [0.15, 0.2) is 5.78 Å². The third-order valence-corrected chi connectivity index (χ3v) is 6.30. The van der Waals surface area contributed by atoms with Gasteiger partial charge >= 0.3 is 0 Å². The number of fused-ring (bicyclic) bond motifs is 1. The van der Waals surface area contributed by atoms with Crippen molar-refractivity contribution < 1.29 is 4.79 Å². The van der Waals surface area contributed by atoms with Crippen molar-refractivity contribution in [1.29, 1.82) is 0 Å². The van der Waals surface area contributed by atoms with Crippen LogP contribution in [0.4, 0.5) is 0 Å². The normalized spacial score (nSPS) is 11.4. The molecule has 0 saturated carbocycles. The third-order valence-electron chi connectivity index (χ3n) is 6.30. The summed E-state index contributed by atoms with van der Waals surface area (Å²) in [6, 6.07) is 26.9. The van der Waals surface area contributed by atoms with Crippen LogP contribution in [0.2, 0.25) is 0 Å². The first-order valence-electron chi connectivity index (χ1n) is 10.0. The first kappa shape index (κ1) is 17.6. The Morgan fingerprint density at radius 2 is 1.17 bits per heavy atom. The molecular weight excluding hydrogens is 352 g/mol. The number of carbonyl (C=O) groups excluding carboxylic acids is 1. The van der Waals surface area contributed by atoms with Crippen LogP contribution in [0.15, 0.2) is 78.9 Å². The highest BCUT2D eigenvalue weighted by molar-refractivity contribution is 6.21. The molecule has 0 fully saturated rings. The zero-order chi connectivity index (χ0) is 20.1. The van der Waals surface area contributed by atoms with E-state index in [9.17, 15) is 4.79 Å². The molecule has 2 aliphatic rings. The smallest absolute Gasteiger partial charge is 0.194 e. The van der Waals surface area contributed by atoms with Crippen LogP contribution in [0, 0.1) is 20.8 Å². The zero-order valence-corrected chi connectivity index (χ0v) is 16.9. The molecular formula is C28H22O. The monoisotopic (exact) mass is 374 g/mol. The predicted molar refractivity (Wildman–Crippen MR) is 120 cm³/mol. The summed E-state index contributed by atoms with van der Waals surface area (Å²) in [5.74, 6) is 0.129. The van der Waals surface area contributed by atoms with E-state index >= 15 is 0 Å². The van der Waals surface area contributed by atoms with E-state index in [1.54, 1.807) is 0 Å². The Balaban J connectivity index is 1.87. The van der Waals surface area contributed by atoms with Crippen LogP contribution in [-0.2, 0) is 0 Å². The second-order valence-corrected chi connectivity index (χ2v) is 7.82. The van der Waals surface area contributed by atoms with Gasteiger partial charge in [0.05, 0.1) is 0 Å². The summed E-state index contributed by atoms with van der Waals surface area (Å²) in [5.41, 5.74) is 11.9. The molecule has 0 unspecified atom stereocenters.